The number of nitrogens with two attached hydrogens (primary N) is 1. The molecule has 1 aliphatic rings. The summed E-state index contributed by atoms with van der Waals surface area (Å²) in [4.78, 5) is 2.52. The Hall–Kier alpha value is -0.870. The molecule has 0 amide bonds. The average Bonchev–Trinajstić information content (AvgIpc) is 2.90. The van der Waals surface area contributed by atoms with Gasteiger partial charge in [0.15, 0.2) is 0 Å². The summed E-state index contributed by atoms with van der Waals surface area (Å²) in [6, 6.07) is 1.39. The highest BCUT2D eigenvalue weighted by Gasteiger charge is 2.28. The van der Waals surface area contributed by atoms with Gasteiger partial charge < -0.3 is 5.73 Å². The van der Waals surface area contributed by atoms with Gasteiger partial charge in [0.1, 0.15) is 0 Å². The minimum Gasteiger partial charge on any atom is -0.329 e. The highest BCUT2D eigenvalue weighted by Crippen LogP contribution is 2.28. The minimum atomic E-state index is 0.333. The molecule has 2 unspecified atom stereocenters. The van der Waals surface area contributed by atoms with E-state index < -0.39 is 0 Å². The summed E-state index contributed by atoms with van der Waals surface area (Å²) in [7, 11) is 0. The van der Waals surface area contributed by atoms with Crippen LogP contribution in [0.3, 0.4) is 0 Å². The van der Waals surface area contributed by atoms with E-state index in [1.165, 1.54) is 18.4 Å². The second-order valence-electron chi connectivity index (χ2n) is 5.33. The molecule has 1 saturated heterocycles. The Morgan fingerprint density at radius 3 is 2.76 bits per heavy atom. The summed E-state index contributed by atoms with van der Waals surface area (Å²) < 4.78 is 2.01. The minimum absolute atomic E-state index is 0.333. The smallest absolute Gasteiger partial charge is 0.0538 e. The zero-order chi connectivity index (χ0) is 12.4. The van der Waals surface area contributed by atoms with E-state index in [9.17, 15) is 0 Å². The fraction of sp³-hybridized carbons (Fsp3) is 0.769. The van der Waals surface area contributed by atoms with Gasteiger partial charge in [-0.2, -0.15) is 5.10 Å². The molecule has 4 nitrogen and oxygen atoms in total. The zero-order valence-corrected chi connectivity index (χ0v) is 11.1. The lowest BCUT2D eigenvalue weighted by atomic mass is 10.1. The Labute approximate surface area is 104 Å². The molecule has 2 atom stereocenters. The second-order valence-corrected chi connectivity index (χ2v) is 5.33. The first kappa shape index (κ1) is 12.6. The molecule has 0 spiro atoms. The molecule has 1 fully saturated rings. The molecule has 17 heavy (non-hydrogen) atoms. The third-order valence-electron chi connectivity index (χ3n) is 3.76. The summed E-state index contributed by atoms with van der Waals surface area (Å²) in [5, 5.41) is 4.42. The van der Waals surface area contributed by atoms with Crippen LogP contribution in [-0.2, 0) is 0 Å². The van der Waals surface area contributed by atoms with Crippen molar-refractivity contribution in [2.45, 2.75) is 51.7 Å². The molecule has 4 heteroatoms. The first-order valence-electron chi connectivity index (χ1n) is 6.63. The molecule has 1 aromatic rings. The molecule has 1 aliphatic heterocycles. The summed E-state index contributed by atoms with van der Waals surface area (Å²) in [6.07, 6.45) is 6.70. The first-order valence-corrected chi connectivity index (χ1v) is 6.63. The van der Waals surface area contributed by atoms with Crippen molar-refractivity contribution in [1.29, 1.82) is 0 Å². The molecule has 0 aliphatic carbocycles. The standard InChI is InChI=1S/C13H24N4/c1-10(2)17-9-12(8-15-17)13(7-14)16-6-4-5-11(16)3/h8-11,13H,4-7,14H2,1-3H3. The maximum Gasteiger partial charge on any atom is 0.0538 e. The first-order chi connectivity index (χ1) is 8.13. The quantitative estimate of drug-likeness (QED) is 0.869. The molecule has 2 N–H and O–H groups in total. The highest BCUT2D eigenvalue weighted by atomic mass is 15.3. The van der Waals surface area contributed by atoms with Gasteiger partial charge in [0.2, 0.25) is 0 Å². The third-order valence-corrected chi connectivity index (χ3v) is 3.76. The maximum atomic E-state index is 5.95. The summed E-state index contributed by atoms with van der Waals surface area (Å²) in [6.45, 7) is 8.42. The van der Waals surface area contributed by atoms with E-state index >= 15 is 0 Å². The Balaban J connectivity index is 2.16. The number of rotatable bonds is 4. The van der Waals surface area contributed by atoms with Crippen molar-refractivity contribution in [3.05, 3.63) is 18.0 Å². The van der Waals surface area contributed by atoms with Crippen LogP contribution in [-0.4, -0.2) is 33.8 Å². The number of hydrogen-bond donors (Lipinski definition) is 1. The van der Waals surface area contributed by atoms with Crippen LogP contribution in [0.1, 0.15) is 51.3 Å². The topological polar surface area (TPSA) is 47.1 Å². The average molecular weight is 236 g/mol. The van der Waals surface area contributed by atoms with Crippen molar-refractivity contribution >= 4 is 0 Å². The summed E-state index contributed by atoms with van der Waals surface area (Å²) in [5.41, 5.74) is 7.21. The predicted molar refractivity (Wildman–Crippen MR) is 69.8 cm³/mol. The molecule has 2 rings (SSSR count). The second kappa shape index (κ2) is 5.19. The Morgan fingerprint density at radius 2 is 2.29 bits per heavy atom. The van der Waals surface area contributed by atoms with Crippen LogP contribution < -0.4 is 5.73 Å². The number of hydrogen-bond acceptors (Lipinski definition) is 3. The lowest BCUT2D eigenvalue weighted by molar-refractivity contribution is 0.195. The van der Waals surface area contributed by atoms with Crippen LogP contribution in [0.2, 0.25) is 0 Å². The van der Waals surface area contributed by atoms with Crippen LogP contribution in [0.4, 0.5) is 0 Å². The van der Waals surface area contributed by atoms with Gasteiger partial charge in [0.25, 0.3) is 0 Å². The van der Waals surface area contributed by atoms with Crippen molar-refractivity contribution in [3.8, 4) is 0 Å². The third kappa shape index (κ3) is 2.53. The monoisotopic (exact) mass is 236 g/mol. The Morgan fingerprint density at radius 1 is 1.53 bits per heavy atom. The lowest BCUT2D eigenvalue weighted by Crippen LogP contribution is -2.35. The van der Waals surface area contributed by atoms with Crippen LogP contribution in [0.15, 0.2) is 12.4 Å². The fourth-order valence-corrected chi connectivity index (χ4v) is 2.69. The largest absolute Gasteiger partial charge is 0.329 e. The van der Waals surface area contributed by atoms with E-state index in [4.69, 9.17) is 5.73 Å². The normalized spacial score (nSPS) is 23.5. The van der Waals surface area contributed by atoms with E-state index in [0.717, 1.165) is 6.54 Å². The molecular formula is C13H24N4. The molecule has 96 valence electrons. The molecule has 1 aromatic heterocycles. The van der Waals surface area contributed by atoms with E-state index in [-0.39, 0.29) is 0 Å². The van der Waals surface area contributed by atoms with Gasteiger partial charge in [-0.3, -0.25) is 9.58 Å². The Bertz CT molecular complexity index is 358. The number of likely N-dealkylation sites (tertiary alicyclic amines) is 1. The van der Waals surface area contributed by atoms with Gasteiger partial charge in [0, 0.05) is 30.4 Å². The van der Waals surface area contributed by atoms with E-state index in [1.54, 1.807) is 0 Å². The fourth-order valence-electron chi connectivity index (χ4n) is 2.69. The molecule has 0 bridgehead atoms. The van der Waals surface area contributed by atoms with E-state index in [1.807, 2.05) is 10.9 Å². The van der Waals surface area contributed by atoms with Crippen molar-refractivity contribution in [2.75, 3.05) is 13.1 Å². The van der Waals surface area contributed by atoms with Gasteiger partial charge in [0.05, 0.1) is 12.2 Å². The van der Waals surface area contributed by atoms with Crippen LogP contribution in [0.25, 0.3) is 0 Å². The summed E-state index contributed by atoms with van der Waals surface area (Å²) in [5.74, 6) is 0. The van der Waals surface area contributed by atoms with Gasteiger partial charge in [-0.1, -0.05) is 0 Å². The molecule has 2 heterocycles. The van der Waals surface area contributed by atoms with Crippen LogP contribution in [0, 0.1) is 0 Å². The van der Waals surface area contributed by atoms with Crippen molar-refractivity contribution in [2.24, 2.45) is 5.73 Å². The molecule has 0 saturated carbocycles. The highest BCUT2D eigenvalue weighted by molar-refractivity contribution is 5.12. The number of nitrogens with zero attached hydrogens (tertiary/aromatic N) is 3. The molecular weight excluding hydrogens is 212 g/mol. The van der Waals surface area contributed by atoms with E-state index in [0.29, 0.717) is 24.7 Å². The summed E-state index contributed by atoms with van der Waals surface area (Å²) >= 11 is 0. The van der Waals surface area contributed by atoms with Gasteiger partial charge in [-0.05, 0) is 40.2 Å². The van der Waals surface area contributed by atoms with Crippen molar-refractivity contribution in [3.63, 3.8) is 0 Å². The maximum absolute atomic E-state index is 5.95. The molecule has 0 radical (unpaired) electrons. The van der Waals surface area contributed by atoms with Gasteiger partial charge >= 0.3 is 0 Å². The zero-order valence-electron chi connectivity index (χ0n) is 11.1. The Kier molecular flexibility index (Phi) is 3.84. The predicted octanol–water partition coefficient (Wildman–Crippen LogP) is 1.95. The number of aromatic nitrogens is 2. The van der Waals surface area contributed by atoms with Gasteiger partial charge in [-0.15, -0.1) is 0 Å². The van der Waals surface area contributed by atoms with Gasteiger partial charge in [-0.25, -0.2) is 0 Å². The van der Waals surface area contributed by atoms with E-state index in [2.05, 4.69) is 37.0 Å². The lowest BCUT2D eigenvalue weighted by Gasteiger charge is -2.29. The van der Waals surface area contributed by atoms with Crippen LogP contribution >= 0.6 is 0 Å². The van der Waals surface area contributed by atoms with Crippen molar-refractivity contribution < 1.29 is 0 Å². The van der Waals surface area contributed by atoms with Crippen molar-refractivity contribution in [1.82, 2.24) is 14.7 Å². The SMILES string of the molecule is CC1CCCN1C(CN)c1cnn(C(C)C)c1. The molecule has 0 aromatic carbocycles. The van der Waals surface area contributed by atoms with Crippen LogP contribution in [0.5, 0.6) is 0 Å².